The second kappa shape index (κ2) is 8.14. The minimum atomic E-state index is -0.629. The SMILES string of the molecule is CC[C@H](C)NC(=O)[C@@H](C)NC(=O)Nc1ccn(-c2ccccc2)n1. The number of anilines is 1. The van der Waals surface area contributed by atoms with E-state index in [-0.39, 0.29) is 11.9 Å². The lowest BCUT2D eigenvalue weighted by atomic mass is 10.2. The number of amides is 3. The topological polar surface area (TPSA) is 88.0 Å². The molecule has 0 saturated carbocycles. The van der Waals surface area contributed by atoms with Crippen LogP contribution in [0.4, 0.5) is 10.6 Å². The van der Waals surface area contributed by atoms with Crippen LogP contribution >= 0.6 is 0 Å². The fourth-order valence-electron chi connectivity index (χ4n) is 2.00. The van der Waals surface area contributed by atoms with Crippen molar-refractivity contribution in [1.82, 2.24) is 20.4 Å². The van der Waals surface area contributed by atoms with E-state index < -0.39 is 12.1 Å². The van der Waals surface area contributed by atoms with Gasteiger partial charge in [-0.15, -0.1) is 5.10 Å². The van der Waals surface area contributed by atoms with E-state index >= 15 is 0 Å². The van der Waals surface area contributed by atoms with Crippen LogP contribution in [-0.4, -0.2) is 33.8 Å². The molecule has 1 aromatic carbocycles. The molecule has 3 N–H and O–H groups in total. The zero-order valence-corrected chi connectivity index (χ0v) is 14.1. The molecule has 0 aliphatic rings. The number of urea groups is 1. The molecule has 0 bridgehead atoms. The minimum absolute atomic E-state index is 0.0754. The highest BCUT2D eigenvalue weighted by Gasteiger charge is 2.17. The molecule has 2 rings (SSSR count). The van der Waals surface area contributed by atoms with Crippen LogP contribution in [0.25, 0.3) is 5.69 Å². The predicted molar refractivity (Wildman–Crippen MR) is 93.1 cm³/mol. The van der Waals surface area contributed by atoms with Crippen molar-refractivity contribution in [1.29, 1.82) is 0 Å². The predicted octanol–water partition coefficient (Wildman–Crippen LogP) is 2.30. The lowest BCUT2D eigenvalue weighted by molar-refractivity contribution is -0.123. The smallest absolute Gasteiger partial charge is 0.321 e. The molecular weight excluding hydrogens is 306 g/mol. The Morgan fingerprint density at radius 2 is 1.83 bits per heavy atom. The molecular formula is C17H23N5O2. The van der Waals surface area contributed by atoms with E-state index in [4.69, 9.17) is 0 Å². The molecule has 0 aliphatic heterocycles. The molecule has 0 fully saturated rings. The highest BCUT2D eigenvalue weighted by atomic mass is 16.2. The molecule has 1 aromatic heterocycles. The maximum absolute atomic E-state index is 12.0. The highest BCUT2D eigenvalue weighted by Crippen LogP contribution is 2.09. The van der Waals surface area contributed by atoms with Crippen LogP contribution in [-0.2, 0) is 4.79 Å². The van der Waals surface area contributed by atoms with Gasteiger partial charge in [0.1, 0.15) is 6.04 Å². The van der Waals surface area contributed by atoms with Crippen LogP contribution in [0, 0.1) is 0 Å². The summed E-state index contributed by atoms with van der Waals surface area (Å²) in [6.07, 6.45) is 2.59. The van der Waals surface area contributed by atoms with Gasteiger partial charge in [-0.05, 0) is 32.4 Å². The number of carbonyl (C=O) groups is 2. The van der Waals surface area contributed by atoms with Crippen LogP contribution in [0.5, 0.6) is 0 Å². The molecule has 1 heterocycles. The quantitative estimate of drug-likeness (QED) is 0.760. The first kappa shape index (κ1) is 17.5. The molecule has 0 saturated heterocycles. The number of rotatable bonds is 6. The average Bonchev–Trinajstić information content (AvgIpc) is 3.03. The Morgan fingerprint density at radius 1 is 1.12 bits per heavy atom. The number of carbonyl (C=O) groups excluding carboxylic acids is 2. The summed E-state index contributed by atoms with van der Waals surface area (Å²) in [6.45, 7) is 5.54. The van der Waals surface area contributed by atoms with E-state index in [1.165, 1.54) is 0 Å². The van der Waals surface area contributed by atoms with Gasteiger partial charge < -0.3 is 10.6 Å². The van der Waals surface area contributed by atoms with Gasteiger partial charge in [0.2, 0.25) is 5.91 Å². The highest BCUT2D eigenvalue weighted by molar-refractivity contribution is 5.92. The second-order valence-corrected chi connectivity index (χ2v) is 5.62. The molecule has 3 amide bonds. The summed E-state index contributed by atoms with van der Waals surface area (Å²) in [5.74, 6) is 0.195. The van der Waals surface area contributed by atoms with Gasteiger partial charge in [0.25, 0.3) is 0 Å². The van der Waals surface area contributed by atoms with Crippen LogP contribution in [0.2, 0.25) is 0 Å². The number of para-hydroxylation sites is 1. The summed E-state index contributed by atoms with van der Waals surface area (Å²) >= 11 is 0. The number of nitrogens with zero attached hydrogens (tertiary/aromatic N) is 2. The zero-order valence-electron chi connectivity index (χ0n) is 14.1. The van der Waals surface area contributed by atoms with Crippen LogP contribution in [0.3, 0.4) is 0 Å². The summed E-state index contributed by atoms with van der Waals surface area (Å²) in [7, 11) is 0. The van der Waals surface area contributed by atoms with Gasteiger partial charge in [-0.2, -0.15) is 0 Å². The molecule has 0 radical (unpaired) electrons. The first-order valence-corrected chi connectivity index (χ1v) is 7.98. The third-order valence-corrected chi connectivity index (χ3v) is 3.59. The Morgan fingerprint density at radius 3 is 2.50 bits per heavy atom. The summed E-state index contributed by atoms with van der Waals surface area (Å²) in [5.41, 5.74) is 0.896. The van der Waals surface area contributed by atoms with Gasteiger partial charge >= 0.3 is 6.03 Å². The van der Waals surface area contributed by atoms with E-state index in [9.17, 15) is 9.59 Å². The van der Waals surface area contributed by atoms with Gasteiger partial charge in [-0.3, -0.25) is 10.1 Å². The molecule has 7 nitrogen and oxygen atoms in total. The van der Waals surface area contributed by atoms with E-state index in [0.29, 0.717) is 5.82 Å². The van der Waals surface area contributed by atoms with Crippen molar-refractivity contribution in [2.75, 3.05) is 5.32 Å². The Labute approximate surface area is 141 Å². The van der Waals surface area contributed by atoms with E-state index in [1.54, 1.807) is 23.9 Å². The van der Waals surface area contributed by atoms with Crippen molar-refractivity contribution in [2.45, 2.75) is 39.3 Å². The maximum Gasteiger partial charge on any atom is 0.321 e. The van der Waals surface area contributed by atoms with E-state index in [0.717, 1.165) is 12.1 Å². The van der Waals surface area contributed by atoms with Crippen LogP contribution in [0.1, 0.15) is 27.2 Å². The second-order valence-electron chi connectivity index (χ2n) is 5.62. The number of hydrogen-bond acceptors (Lipinski definition) is 3. The van der Waals surface area contributed by atoms with E-state index in [1.807, 2.05) is 44.2 Å². The molecule has 0 unspecified atom stereocenters. The Hall–Kier alpha value is -2.83. The van der Waals surface area contributed by atoms with Crippen molar-refractivity contribution in [3.8, 4) is 5.69 Å². The molecule has 24 heavy (non-hydrogen) atoms. The number of benzene rings is 1. The Balaban J connectivity index is 1.89. The standard InChI is InChI=1S/C17H23N5O2/c1-4-12(2)18-16(23)13(3)19-17(24)20-15-10-11-22(21-15)14-8-6-5-7-9-14/h5-13H,4H2,1-3H3,(H,18,23)(H2,19,20,21,24)/t12-,13+/m0/s1. The molecule has 2 aromatic rings. The normalized spacial score (nSPS) is 13.0. The third kappa shape index (κ3) is 4.84. The largest absolute Gasteiger partial charge is 0.352 e. The van der Waals surface area contributed by atoms with E-state index in [2.05, 4.69) is 21.0 Å². The molecule has 0 spiro atoms. The van der Waals surface area contributed by atoms with Gasteiger partial charge in [0.15, 0.2) is 5.82 Å². The van der Waals surface area contributed by atoms with Crippen LogP contribution < -0.4 is 16.0 Å². The summed E-state index contributed by atoms with van der Waals surface area (Å²) in [6, 6.07) is 10.2. The average molecular weight is 329 g/mol. The van der Waals surface area contributed by atoms with Gasteiger partial charge in [0.05, 0.1) is 5.69 Å². The number of nitrogens with one attached hydrogen (secondary N) is 3. The first-order chi connectivity index (χ1) is 11.5. The van der Waals surface area contributed by atoms with Crippen molar-refractivity contribution < 1.29 is 9.59 Å². The fourth-order valence-corrected chi connectivity index (χ4v) is 2.00. The monoisotopic (exact) mass is 329 g/mol. The number of hydrogen-bond donors (Lipinski definition) is 3. The Bertz CT molecular complexity index is 683. The lowest BCUT2D eigenvalue weighted by Crippen LogP contribution is -2.48. The minimum Gasteiger partial charge on any atom is -0.352 e. The Kier molecular flexibility index (Phi) is 5.95. The summed E-state index contributed by atoms with van der Waals surface area (Å²) in [5, 5.41) is 12.3. The van der Waals surface area contributed by atoms with Gasteiger partial charge in [-0.25, -0.2) is 9.48 Å². The van der Waals surface area contributed by atoms with Gasteiger partial charge in [0, 0.05) is 18.3 Å². The maximum atomic E-state index is 12.0. The molecule has 7 heteroatoms. The van der Waals surface area contributed by atoms with Crippen molar-refractivity contribution >= 4 is 17.8 Å². The van der Waals surface area contributed by atoms with Gasteiger partial charge in [-0.1, -0.05) is 25.1 Å². The van der Waals surface area contributed by atoms with Crippen molar-refractivity contribution in [3.05, 3.63) is 42.6 Å². The van der Waals surface area contributed by atoms with Crippen molar-refractivity contribution in [2.24, 2.45) is 0 Å². The molecule has 2 atom stereocenters. The number of aromatic nitrogens is 2. The summed E-state index contributed by atoms with van der Waals surface area (Å²) in [4.78, 5) is 23.9. The zero-order chi connectivity index (χ0) is 17.5. The summed E-state index contributed by atoms with van der Waals surface area (Å²) < 4.78 is 1.66. The van der Waals surface area contributed by atoms with Crippen molar-refractivity contribution in [3.63, 3.8) is 0 Å². The first-order valence-electron chi connectivity index (χ1n) is 7.98. The lowest BCUT2D eigenvalue weighted by Gasteiger charge is -2.17. The van der Waals surface area contributed by atoms with Crippen LogP contribution in [0.15, 0.2) is 42.6 Å². The molecule has 128 valence electrons. The third-order valence-electron chi connectivity index (χ3n) is 3.59. The molecule has 0 aliphatic carbocycles. The fraction of sp³-hybridized carbons (Fsp3) is 0.353.